The number of hydrogen-bond acceptors (Lipinski definition) is 4. The molecule has 0 saturated heterocycles. The highest BCUT2D eigenvalue weighted by atomic mass is 79.9. The van der Waals surface area contributed by atoms with Gasteiger partial charge in [0, 0.05) is 21.2 Å². The number of amides is 1. The number of anilines is 1. The Labute approximate surface area is 155 Å². The van der Waals surface area contributed by atoms with Crippen molar-refractivity contribution in [1.82, 2.24) is 9.55 Å². The topological polar surface area (TPSA) is 84.0 Å². The van der Waals surface area contributed by atoms with Crippen LogP contribution in [0.5, 0.6) is 0 Å². The standard InChI is InChI=1S/C17H14BrN3O3S/c1-10-7-11(4-5-14(10)18)20-15(22)13-8-19-17(24)21(16(13)23)9-12-3-2-6-25-12/h2-8H,9H2,1H3,(H,19,24)(H,20,22). The van der Waals surface area contributed by atoms with Gasteiger partial charge in [0.15, 0.2) is 0 Å². The van der Waals surface area contributed by atoms with E-state index in [1.807, 2.05) is 30.5 Å². The number of rotatable bonds is 4. The van der Waals surface area contributed by atoms with E-state index in [9.17, 15) is 14.4 Å². The molecule has 25 heavy (non-hydrogen) atoms. The van der Waals surface area contributed by atoms with E-state index < -0.39 is 17.2 Å². The van der Waals surface area contributed by atoms with Gasteiger partial charge in [0.1, 0.15) is 5.56 Å². The van der Waals surface area contributed by atoms with Gasteiger partial charge < -0.3 is 10.3 Å². The molecular formula is C17H14BrN3O3S. The number of H-pyrrole nitrogens is 1. The Bertz CT molecular complexity index is 1040. The molecule has 128 valence electrons. The van der Waals surface area contributed by atoms with E-state index in [0.29, 0.717) is 5.69 Å². The molecule has 0 atom stereocenters. The summed E-state index contributed by atoms with van der Waals surface area (Å²) in [5.74, 6) is -0.567. The van der Waals surface area contributed by atoms with Crippen molar-refractivity contribution in [2.45, 2.75) is 13.5 Å². The first kappa shape index (κ1) is 17.4. The van der Waals surface area contributed by atoms with Gasteiger partial charge in [-0.05, 0) is 42.1 Å². The van der Waals surface area contributed by atoms with E-state index in [4.69, 9.17) is 0 Å². The number of nitrogens with zero attached hydrogens (tertiary/aromatic N) is 1. The van der Waals surface area contributed by atoms with Crippen molar-refractivity contribution in [3.05, 3.63) is 83.2 Å². The lowest BCUT2D eigenvalue weighted by molar-refractivity contribution is 0.102. The summed E-state index contributed by atoms with van der Waals surface area (Å²) in [6.07, 6.45) is 1.15. The summed E-state index contributed by atoms with van der Waals surface area (Å²) in [6.45, 7) is 2.03. The summed E-state index contributed by atoms with van der Waals surface area (Å²) >= 11 is 4.83. The van der Waals surface area contributed by atoms with E-state index in [-0.39, 0.29) is 12.1 Å². The summed E-state index contributed by atoms with van der Waals surface area (Å²) in [4.78, 5) is 40.3. The van der Waals surface area contributed by atoms with Crippen LogP contribution in [0, 0.1) is 6.92 Å². The molecular weight excluding hydrogens is 406 g/mol. The fraction of sp³-hybridized carbons (Fsp3) is 0.118. The molecule has 1 amide bonds. The molecule has 6 nitrogen and oxygen atoms in total. The first-order chi connectivity index (χ1) is 12.0. The van der Waals surface area contributed by atoms with Crippen molar-refractivity contribution < 1.29 is 4.79 Å². The van der Waals surface area contributed by atoms with Gasteiger partial charge in [0.25, 0.3) is 11.5 Å². The molecule has 0 radical (unpaired) electrons. The number of aromatic amines is 1. The lowest BCUT2D eigenvalue weighted by atomic mass is 10.2. The van der Waals surface area contributed by atoms with Gasteiger partial charge in [-0.2, -0.15) is 0 Å². The number of carbonyl (C=O) groups is 1. The minimum Gasteiger partial charge on any atom is -0.322 e. The highest BCUT2D eigenvalue weighted by Crippen LogP contribution is 2.20. The Morgan fingerprint density at radius 3 is 2.80 bits per heavy atom. The fourth-order valence-electron chi connectivity index (χ4n) is 2.30. The molecule has 0 aliphatic heterocycles. The van der Waals surface area contributed by atoms with Crippen LogP contribution in [0.3, 0.4) is 0 Å². The van der Waals surface area contributed by atoms with E-state index in [1.54, 1.807) is 12.1 Å². The third-order valence-electron chi connectivity index (χ3n) is 3.62. The van der Waals surface area contributed by atoms with Crippen molar-refractivity contribution >= 4 is 38.9 Å². The van der Waals surface area contributed by atoms with Crippen LogP contribution >= 0.6 is 27.3 Å². The lowest BCUT2D eigenvalue weighted by Crippen LogP contribution is -2.39. The van der Waals surface area contributed by atoms with Crippen molar-refractivity contribution in [3.63, 3.8) is 0 Å². The van der Waals surface area contributed by atoms with Crippen LogP contribution in [-0.2, 0) is 6.54 Å². The van der Waals surface area contributed by atoms with Crippen molar-refractivity contribution in [1.29, 1.82) is 0 Å². The zero-order valence-electron chi connectivity index (χ0n) is 13.2. The molecule has 0 fully saturated rings. The Morgan fingerprint density at radius 1 is 1.32 bits per heavy atom. The van der Waals surface area contributed by atoms with Crippen LogP contribution in [0.4, 0.5) is 5.69 Å². The average molecular weight is 420 g/mol. The van der Waals surface area contributed by atoms with Crippen LogP contribution in [0.15, 0.2) is 56.0 Å². The first-order valence-electron chi connectivity index (χ1n) is 7.38. The summed E-state index contributed by atoms with van der Waals surface area (Å²) in [5, 5.41) is 4.54. The maximum Gasteiger partial charge on any atom is 0.328 e. The second-order valence-corrected chi connectivity index (χ2v) is 7.28. The summed E-state index contributed by atoms with van der Waals surface area (Å²) < 4.78 is 1.95. The quantitative estimate of drug-likeness (QED) is 0.681. The zero-order valence-corrected chi connectivity index (χ0v) is 15.6. The molecule has 2 heterocycles. The molecule has 2 aromatic heterocycles. The minimum atomic E-state index is -0.622. The molecule has 0 saturated carbocycles. The number of hydrogen-bond donors (Lipinski definition) is 2. The molecule has 2 N–H and O–H groups in total. The van der Waals surface area contributed by atoms with Gasteiger partial charge in [0.2, 0.25) is 0 Å². The highest BCUT2D eigenvalue weighted by molar-refractivity contribution is 9.10. The Morgan fingerprint density at radius 2 is 2.12 bits per heavy atom. The van der Waals surface area contributed by atoms with Crippen LogP contribution in [0.25, 0.3) is 0 Å². The van der Waals surface area contributed by atoms with Gasteiger partial charge in [-0.1, -0.05) is 22.0 Å². The summed E-state index contributed by atoms with van der Waals surface area (Å²) in [5.41, 5.74) is 0.241. The summed E-state index contributed by atoms with van der Waals surface area (Å²) in [6, 6.07) is 9.00. The molecule has 0 aliphatic rings. The van der Waals surface area contributed by atoms with Gasteiger partial charge in [-0.15, -0.1) is 11.3 Å². The SMILES string of the molecule is Cc1cc(NC(=O)c2c[nH]c(=O)n(Cc3cccs3)c2=O)ccc1Br. The third kappa shape index (κ3) is 3.80. The number of benzene rings is 1. The number of nitrogens with one attached hydrogen (secondary N) is 2. The second kappa shape index (κ2) is 7.20. The molecule has 0 unspecified atom stereocenters. The van der Waals surface area contributed by atoms with Crippen LogP contribution in [-0.4, -0.2) is 15.5 Å². The highest BCUT2D eigenvalue weighted by Gasteiger charge is 2.15. The molecule has 0 aliphatic carbocycles. The van der Waals surface area contributed by atoms with Gasteiger partial charge in [-0.3, -0.25) is 14.2 Å². The number of aryl methyl sites for hydroxylation is 1. The smallest absolute Gasteiger partial charge is 0.322 e. The number of aromatic nitrogens is 2. The Hall–Kier alpha value is -2.45. The lowest BCUT2D eigenvalue weighted by Gasteiger charge is -2.08. The maximum absolute atomic E-state index is 12.5. The molecule has 8 heteroatoms. The predicted molar refractivity (Wildman–Crippen MR) is 102 cm³/mol. The van der Waals surface area contributed by atoms with Gasteiger partial charge >= 0.3 is 5.69 Å². The number of thiophene rings is 1. The van der Waals surface area contributed by atoms with Crippen molar-refractivity contribution in [2.75, 3.05) is 5.32 Å². The van der Waals surface area contributed by atoms with Crippen LogP contribution < -0.4 is 16.6 Å². The maximum atomic E-state index is 12.5. The minimum absolute atomic E-state index is 0.114. The van der Waals surface area contributed by atoms with Crippen molar-refractivity contribution in [2.24, 2.45) is 0 Å². The Balaban J connectivity index is 1.91. The Kier molecular flexibility index (Phi) is 5.00. The van der Waals surface area contributed by atoms with Crippen LogP contribution in [0.1, 0.15) is 20.8 Å². The summed E-state index contributed by atoms with van der Waals surface area (Å²) in [7, 11) is 0. The number of carbonyl (C=O) groups excluding carboxylic acids is 1. The molecule has 3 rings (SSSR count). The number of halogens is 1. The molecule has 0 spiro atoms. The van der Waals surface area contributed by atoms with Gasteiger partial charge in [-0.25, -0.2) is 4.79 Å². The molecule has 0 bridgehead atoms. The van der Waals surface area contributed by atoms with Gasteiger partial charge in [0.05, 0.1) is 6.54 Å². The van der Waals surface area contributed by atoms with E-state index in [0.717, 1.165) is 25.7 Å². The molecule has 1 aromatic carbocycles. The van der Waals surface area contributed by atoms with Crippen molar-refractivity contribution in [3.8, 4) is 0 Å². The normalized spacial score (nSPS) is 10.6. The van der Waals surface area contributed by atoms with E-state index in [2.05, 4.69) is 26.2 Å². The monoisotopic (exact) mass is 419 g/mol. The van der Waals surface area contributed by atoms with E-state index >= 15 is 0 Å². The second-order valence-electron chi connectivity index (χ2n) is 5.40. The first-order valence-corrected chi connectivity index (χ1v) is 9.05. The predicted octanol–water partition coefficient (Wildman–Crippen LogP) is 2.97. The average Bonchev–Trinajstić information content (AvgIpc) is 3.08. The largest absolute Gasteiger partial charge is 0.328 e. The third-order valence-corrected chi connectivity index (χ3v) is 5.37. The zero-order chi connectivity index (χ0) is 18.0. The van der Waals surface area contributed by atoms with Crippen LogP contribution in [0.2, 0.25) is 0 Å². The van der Waals surface area contributed by atoms with E-state index in [1.165, 1.54) is 11.3 Å². The molecule has 3 aromatic rings. The fourth-order valence-corrected chi connectivity index (χ4v) is 3.24.